The molecule has 3 amide bonds. The Kier molecular flexibility index (Phi) is 9.62. The van der Waals surface area contributed by atoms with E-state index in [1.807, 2.05) is 0 Å². The Morgan fingerprint density at radius 1 is 0.875 bits per heavy atom. The van der Waals surface area contributed by atoms with E-state index in [2.05, 4.69) is 16.0 Å². The van der Waals surface area contributed by atoms with E-state index in [0.717, 1.165) is 4.90 Å². The van der Waals surface area contributed by atoms with E-state index in [9.17, 15) is 14.4 Å². The molecule has 0 aliphatic rings. The van der Waals surface area contributed by atoms with Gasteiger partial charge in [-0.05, 0) is 60.7 Å². The minimum Gasteiger partial charge on any atom is -0.497 e. The first-order valence-corrected chi connectivity index (χ1v) is 13.1. The lowest BCUT2D eigenvalue weighted by atomic mass is 10.2. The van der Waals surface area contributed by atoms with Gasteiger partial charge in [0.15, 0.2) is 0 Å². The lowest BCUT2D eigenvalue weighted by molar-refractivity contribution is -0.114. The molecule has 3 aromatic carbocycles. The Labute approximate surface area is 235 Å². The normalized spacial score (nSPS) is 10.9. The second-order valence-electron chi connectivity index (χ2n) is 8.28. The van der Waals surface area contributed by atoms with Crippen LogP contribution in [0.3, 0.4) is 0 Å². The van der Waals surface area contributed by atoms with Gasteiger partial charge in [0.25, 0.3) is 11.8 Å². The quantitative estimate of drug-likeness (QED) is 0.166. The van der Waals surface area contributed by atoms with Crippen LogP contribution in [0.4, 0.5) is 11.4 Å². The smallest absolute Gasteiger partial charge is 0.272 e. The number of hydrogen-bond acceptors (Lipinski definition) is 7. The number of amides is 3. The summed E-state index contributed by atoms with van der Waals surface area (Å²) < 4.78 is 15.8. The highest BCUT2D eigenvalue weighted by molar-refractivity contribution is 8.00. The number of hydrogen-bond donors (Lipinski definition) is 3. The van der Waals surface area contributed by atoms with Crippen LogP contribution in [0.1, 0.15) is 16.1 Å². The summed E-state index contributed by atoms with van der Waals surface area (Å²) in [4.78, 5) is 39.1. The molecule has 40 heavy (non-hydrogen) atoms. The molecule has 0 saturated heterocycles. The maximum atomic E-state index is 13.1. The van der Waals surface area contributed by atoms with Gasteiger partial charge in [-0.1, -0.05) is 18.2 Å². The first kappa shape index (κ1) is 28.1. The van der Waals surface area contributed by atoms with Crippen LogP contribution in [0.15, 0.2) is 106 Å². The zero-order valence-corrected chi connectivity index (χ0v) is 22.6. The fourth-order valence-electron chi connectivity index (χ4n) is 3.54. The molecular weight excluding hydrogens is 530 g/mol. The van der Waals surface area contributed by atoms with Crippen molar-refractivity contribution in [3.05, 3.63) is 108 Å². The van der Waals surface area contributed by atoms with E-state index in [4.69, 9.17) is 13.9 Å². The third-order valence-electron chi connectivity index (χ3n) is 5.52. The van der Waals surface area contributed by atoms with Crippen molar-refractivity contribution in [2.75, 3.05) is 30.6 Å². The van der Waals surface area contributed by atoms with E-state index in [0.29, 0.717) is 34.2 Å². The second-order valence-corrected chi connectivity index (χ2v) is 9.32. The minimum absolute atomic E-state index is 0.0203. The Morgan fingerprint density at radius 2 is 1.65 bits per heavy atom. The Bertz CT molecular complexity index is 1490. The molecule has 0 unspecified atom stereocenters. The highest BCUT2D eigenvalue weighted by atomic mass is 32.2. The van der Waals surface area contributed by atoms with Crippen LogP contribution in [-0.2, 0) is 9.59 Å². The molecule has 0 atom stereocenters. The van der Waals surface area contributed by atoms with Crippen LogP contribution in [0.25, 0.3) is 6.08 Å². The minimum atomic E-state index is -0.521. The topological polar surface area (TPSA) is 119 Å². The molecule has 1 aromatic heterocycles. The highest BCUT2D eigenvalue weighted by Crippen LogP contribution is 2.29. The van der Waals surface area contributed by atoms with Gasteiger partial charge in [-0.25, -0.2) is 0 Å². The molecule has 10 heteroatoms. The van der Waals surface area contributed by atoms with E-state index >= 15 is 0 Å². The number of carbonyl (C=O) groups excluding carboxylic acids is 3. The van der Waals surface area contributed by atoms with Crippen molar-refractivity contribution in [3.8, 4) is 11.5 Å². The zero-order chi connectivity index (χ0) is 28.3. The van der Waals surface area contributed by atoms with Crippen LogP contribution in [0, 0.1) is 0 Å². The summed E-state index contributed by atoms with van der Waals surface area (Å²) in [7, 11) is 3.08. The molecule has 0 fully saturated rings. The number of ether oxygens (including phenoxy) is 2. The van der Waals surface area contributed by atoms with Crippen molar-refractivity contribution in [2.45, 2.75) is 4.90 Å². The predicted molar refractivity (Wildman–Crippen MR) is 155 cm³/mol. The maximum Gasteiger partial charge on any atom is 0.272 e. The van der Waals surface area contributed by atoms with Crippen LogP contribution in [0.5, 0.6) is 11.5 Å². The van der Waals surface area contributed by atoms with Crippen molar-refractivity contribution >= 4 is 46.9 Å². The molecule has 1 heterocycles. The number of furan rings is 1. The molecule has 3 N–H and O–H groups in total. The van der Waals surface area contributed by atoms with E-state index in [-0.39, 0.29) is 17.4 Å². The summed E-state index contributed by atoms with van der Waals surface area (Å²) in [5, 5.41) is 8.27. The monoisotopic (exact) mass is 557 g/mol. The molecule has 4 aromatic rings. The number of methoxy groups -OCH3 is 2. The third-order valence-corrected chi connectivity index (χ3v) is 6.53. The van der Waals surface area contributed by atoms with Crippen molar-refractivity contribution in [3.63, 3.8) is 0 Å². The molecule has 0 radical (unpaired) electrons. The molecule has 9 nitrogen and oxygen atoms in total. The SMILES string of the molecule is COc1ccc(OC)c(NC(=O)CSc2ccc(NC(=O)/C(=C/c3ccco3)NC(=O)c3ccccc3)cc2)c1. The van der Waals surface area contributed by atoms with Crippen molar-refractivity contribution in [2.24, 2.45) is 0 Å². The Hall–Kier alpha value is -4.96. The standard InChI is InChI=1S/C30H27N3O6S/c1-37-22-12-15-27(38-2)25(17-22)32-28(34)19-40-24-13-10-21(11-14-24)31-30(36)26(18-23-9-6-16-39-23)33-29(35)20-7-4-3-5-8-20/h3-18H,19H2,1-2H3,(H,31,36)(H,32,34)(H,33,35)/b26-18-. The van der Waals surface area contributed by atoms with Crippen LogP contribution >= 0.6 is 11.8 Å². The molecular formula is C30H27N3O6S. The predicted octanol–water partition coefficient (Wildman–Crippen LogP) is 5.44. The van der Waals surface area contributed by atoms with E-state index < -0.39 is 11.8 Å². The summed E-state index contributed by atoms with van der Waals surface area (Å²) in [6.07, 6.45) is 2.93. The highest BCUT2D eigenvalue weighted by Gasteiger charge is 2.16. The maximum absolute atomic E-state index is 13.1. The van der Waals surface area contributed by atoms with Crippen molar-refractivity contribution < 1.29 is 28.3 Å². The lowest BCUT2D eigenvalue weighted by Crippen LogP contribution is -2.30. The third kappa shape index (κ3) is 7.78. The van der Waals surface area contributed by atoms with Crippen LogP contribution < -0.4 is 25.4 Å². The van der Waals surface area contributed by atoms with E-state index in [1.54, 1.807) is 92.0 Å². The molecule has 204 valence electrons. The number of carbonyl (C=O) groups is 3. The summed E-state index contributed by atoms with van der Waals surface area (Å²) in [5.41, 5.74) is 1.46. The summed E-state index contributed by atoms with van der Waals surface area (Å²) in [6.45, 7) is 0. The molecule has 0 spiro atoms. The average Bonchev–Trinajstić information content (AvgIpc) is 3.50. The van der Waals surface area contributed by atoms with Gasteiger partial charge in [0.2, 0.25) is 5.91 Å². The fourth-order valence-corrected chi connectivity index (χ4v) is 4.24. The van der Waals surface area contributed by atoms with Gasteiger partial charge in [0, 0.05) is 28.3 Å². The molecule has 4 rings (SSSR count). The number of benzene rings is 3. The molecule has 0 aliphatic heterocycles. The summed E-state index contributed by atoms with van der Waals surface area (Å²) in [5.74, 6) is 0.541. The number of nitrogens with one attached hydrogen (secondary N) is 3. The number of anilines is 2. The second kappa shape index (κ2) is 13.7. The van der Waals surface area contributed by atoms with Gasteiger partial charge in [0.05, 0.1) is 31.9 Å². The first-order chi connectivity index (χ1) is 19.4. The van der Waals surface area contributed by atoms with Gasteiger partial charge in [-0.3, -0.25) is 14.4 Å². The first-order valence-electron chi connectivity index (χ1n) is 12.1. The summed E-state index contributed by atoms with van der Waals surface area (Å²) in [6, 6.07) is 24.1. The Balaban J connectivity index is 1.36. The number of thioether (sulfide) groups is 1. The van der Waals surface area contributed by atoms with Gasteiger partial charge in [-0.2, -0.15) is 0 Å². The number of rotatable bonds is 11. The fraction of sp³-hybridized carbons (Fsp3) is 0.100. The van der Waals surface area contributed by atoms with Gasteiger partial charge in [-0.15, -0.1) is 11.8 Å². The zero-order valence-electron chi connectivity index (χ0n) is 21.8. The Morgan fingerprint density at radius 3 is 2.33 bits per heavy atom. The summed E-state index contributed by atoms with van der Waals surface area (Å²) >= 11 is 1.34. The van der Waals surface area contributed by atoms with Crippen LogP contribution in [-0.4, -0.2) is 37.7 Å². The van der Waals surface area contributed by atoms with Gasteiger partial charge < -0.3 is 29.8 Å². The van der Waals surface area contributed by atoms with Crippen molar-refractivity contribution in [1.82, 2.24) is 5.32 Å². The molecule has 0 bridgehead atoms. The van der Waals surface area contributed by atoms with Crippen LogP contribution in [0.2, 0.25) is 0 Å². The largest absolute Gasteiger partial charge is 0.497 e. The van der Waals surface area contributed by atoms with Gasteiger partial charge in [0.1, 0.15) is 23.0 Å². The van der Waals surface area contributed by atoms with E-state index in [1.165, 1.54) is 31.2 Å². The average molecular weight is 558 g/mol. The molecule has 0 saturated carbocycles. The van der Waals surface area contributed by atoms with Crippen molar-refractivity contribution in [1.29, 1.82) is 0 Å². The van der Waals surface area contributed by atoms with Gasteiger partial charge >= 0.3 is 0 Å². The lowest BCUT2D eigenvalue weighted by Gasteiger charge is -2.12. The molecule has 0 aliphatic carbocycles.